The summed E-state index contributed by atoms with van der Waals surface area (Å²) < 4.78 is 18.5. The van der Waals surface area contributed by atoms with Crippen LogP contribution in [0.3, 0.4) is 0 Å². The Bertz CT molecular complexity index is 670. The lowest BCUT2D eigenvalue weighted by Crippen LogP contribution is -2.89. The van der Waals surface area contributed by atoms with Crippen molar-refractivity contribution >= 4 is 11.8 Å². The lowest BCUT2D eigenvalue weighted by atomic mass is 9.94. The number of carbonyl (C=O) groups excluding carboxylic acids is 2. The molecule has 2 N–H and O–H groups in total. The van der Waals surface area contributed by atoms with Gasteiger partial charge in [0.2, 0.25) is 5.78 Å². The van der Waals surface area contributed by atoms with Gasteiger partial charge in [0.1, 0.15) is 5.82 Å². The van der Waals surface area contributed by atoms with Crippen LogP contribution in [0.5, 0.6) is 0 Å². The van der Waals surface area contributed by atoms with Gasteiger partial charge in [0.25, 0.3) is 0 Å². The van der Waals surface area contributed by atoms with E-state index in [0.29, 0.717) is 11.1 Å². The van der Waals surface area contributed by atoms with E-state index >= 15 is 0 Å². The summed E-state index contributed by atoms with van der Waals surface area (Å²) in [6.45, 7) is 1.29. The average molecular weight is 316 g/mol. The van der Waals surface area contributed by atoms with Crippen LogP contribution >= 0.6 is 0 Å². The molecule has 0 fully saturated rings. The normalized spacial score (nSPS) is 13.2. The second-order valence-corrected chi connectivity index (χ2v) is 5.17. The first-order valence-corrected chi connectivity index (χ1v) is 7.34. The number of halogens is 1. The number of ketones is 1. The number of Topliss-reactive ketones (excluding diaryl/α,β-unsaturated/α-hetero) is 1. The molecule has 0 aliphatic carbocycles. The number of likely N-dealkylation sites (N-methyl/N-ethyl adjacent to an activating group) is 1. The zero-order valence-corrected chi connectivity index (χ0v) is 13.0. The molecule has 5 heteroatoms. The molecule has 2 atom stereocenters. The molecule has 120 valence electrons. The van der Waals surface area contributed by atoms with E-state index in [4.69, 9.17) is 4.74 Å². The topological polar surface area (TPSA) is 60.0 Å². The first-order chi connectivity index (χ1) is 11.0. The van der Waals surface area contributed by atoms with Crippen LogP contribution in [0.1, 0.15) is 28.9 Å². The van der Waals surface area contributed by atoms with Crippen LogP contribution in [-0.4, -0.2) is 24.8 Å². The molecular formula is C18H19FNO3+. The van der Waals surface area contributed by atoms with E-state index < -0.39 is 18.1 Å². The van der Waals surface area contributed by atoms with Crippen LogP contribution in [0.4, 0.5) is 4.39 Å². The number of rotatable bonds is 6. The molecule has 0 saturated carbocycles. The number of hydrogen-bond acceptors (Lipinski definition) is 3. The average Bonchev–Trinajstić information content (AvgIpc) is 2.55. The van der Waals surface area contributed by atoms with Gasteiger partial charge in [-0.1, -0.05) is 42.5 Å². The monoisotopic (exact) mass is 316 g/mol. The molecule has 2 aromatic carbocycles. The number of ether oxygens (including phenoxy) is 1. The van der Waals surface area contributed by atoms with Crippen LogP contribution < -0.4 is 5.32 Å². The first kappa shape index (κ1) is 16.8. The van der Waals surface area contributed by atoms with Crippen LogP contribution in [0.15, 0.2) is 54.6 Å². The van der Waals surface area contributed by atoms with Crippen molar-refractivity contribution in [3.63, 3.8) is 0 Å². The summed E-state index contributed by atoms with van der Waals surface area (Å²) in [5.41, 5.74) is 1.11. The summed E-state index contributed by atoms with van der Waals surface area (Å²) >= 11 is 0. The fourth-order valence-electron chi connectivity index (χ4n) is 2.44. The molecule has 0 aliphatic rings. The Kier molecular flexibility index (Phi) is 5.60. The van der Waals surface area contributed by atoms with Gasteiger partial charge < -0.3 is 10.1 Å². The van der Waals surface area contributed by atoms with Crippen molar-refractivity contribution < 1.29 is 24.0 Å². The first-order valence-electron chi connectivity index (χ1n) is 7.34. The van der Waals surface area contributed by atoms with Crippen molar-refractivity contribution in [2.75, 3.05) is 7.05 Å². The molecular weight excluding hydrogens is 297 g/mol. The largest absolute Gasteiger partial charge is 0.451 e. The summed E-state index contributed by atoms with van der Waals surface area (Å²) in [6, 6.07) is 13.8. The third kappa shape index (κ3) is 4.23. The number of quaternary nitrogens is 1. The second kappa shape index (κ2) is 7.65. The minimum Gasteiger partial charge on any atom is -0.451 e. The van der Waals surface area contributed by atoms with E-state index in [0.717, 1.165) is 0 Å². The lowest BCUT2D eigenvalue weighted by Gasteiger charge is -2.23. The Labute approximate surface area is 134 Å². The highest BCUT2D eigenvalue weighted by Crippen LogP contribution is 2.23. The molecule has 4 nitrogen and oxygen atoms in total. The van der Waals surface area contributed by atoms with Crippen molar-refractivity contribution in [3.8, 4) is 0 Å². The standard InChI is InChI=1S/C18H18FNO3/c1-12(21)23-18(14-8-10-15(19)11-9-14)16(20-2)17(22)13-6-4-3-5-7-13/h3-11,16,18,20H,1-2H3/p+1/t16-,18-/m1/s1. The quantitative estimate of drug-likeness (QED) is 0.654. The number of esters is 1. The maximum absolute atomic E-state index is 13.1. The van der Waals surface area contributed by atoms with Gasteiger partial charge in [-0.3, -0.25) is 9.59 Å². The molecule has 0 unspecified atom stereocenters. The van der Waals surface area contributed by atoms with Gasteiger partial charge in [-0.05, 0) is 17.7 Å². The van der Waals surface area contributed by atoms with E-state index in [1.807, 2.05) is 6.07 Å². The predicted molar refractivity (Wildman–Crippen MR) is 83.3 cm³/mol. The van der Waals surface area contributed by atoms with E-state index in [1.54, 1.807) is 36.6 Å². The van der Waals surface area contributed by atoms with Crippen LogP contribution in [0.2, 0.25) is 0 Å². The van der Waals surface area contributed by atoms with Gasteiger partial charge in [0, 0.05) is 12.5 Å². The number of hydrogen-bond donors (Lipinski definition) is 1. The summed E-state index contributed by atoms with van der Waals surface area (Å²) in [7, 11) is 1.74. The second-order valence-electron chi connectivity index (χ2n) is 5.17. The minimum absolute atomic E-state index is 0.149. The highest BCUT2D eigenvalue weighted by Gasteiger charge is 2.35. The molecule has 0 saturated heterocycles. The van der Waals surface area contributed by atoms with Gasteiger partial charge in [-0.15, -0.1) is 0 Å². The van der Waals surface area contributed by atoms with Gasteiger partial charge >= 0.3 is 5.97 Å². The van der Waals surface area contributed by atoms with Crippen molar-refractivity contribution in [3.05, 3.63) is 71.5 Å². The third-order valence-corrected chi connectivity index (χ3v) is 3.54. The minimum atomic E-state index is -0.786. The van der Waals surface area contributed by atoms with Gasteiger partial charge in [0.15, 0.2) is 12.1 Å². The Balaban J connectivity index is 2.37. The SMILES string of the molecule is C[NH2+][C@H](C(=O)c1ccccc1)[C@H](OC(C)=O)c1ccc(F)cc1. The summed E-state index contributed by atoms with van der Waals surface area (Å²) in [5, 5.41) is 1.70. The molecule has 0 spiro atoms. The Morgan fingerprint density at radius 3 is 2.17 bits per heavy atom. The third-order valence-electron chi connectivity index (χ3n) is 3.54. The molecule has 23 heavy (non-hydrogen) atoms. The van der Waals surface area contributed by atoms with Crippen LogP contribution in [0, 0.1) is 5.82 Å². The van der Waals surface area contributed by atoms with Crippen LogP contribution in [0.25, 0.3) is 0 Å². The predicted octanol–water partition coefficient (Wildman–Crippen LogP) is 1.87. The Morgan fingerprint density at radius 2 is 1.65 bits per heavy atom. The highest BCUT2D eigenvalue weighted by molar-refractivity contribution is 5.99. The Hall–Kier alpha value is -2.53. The summed E-state index contributed by atoms with van der Waals surface area (Å²) in [4.78, 5) is 24.2. The van der Waals surface area contributed by atoms with E-state index in [2.05, 4.69) is 0 Å². The smallest absolute Gasteiger partial charge is 0.303 e. The van der Waals surface area contributed by atoms with E-state index in [9.17, 15) is 14.0 Å². The van der Waals surface area contributed by atoms with Crippen LogP contribution in [-0.2, 0) is 9.53 Å². The number of carbonyl (C=O) groups is 2. The molecule has 0 heterocycles. The van der Waals surface area contributed by atoms with Gasteiger partial charge in [0.05, 0.1) is 7.05 Å². The molecule has 2 aromatic rings. The maximum Gasteiger partial charge on any atom is 0.303 e. The van der Waals surface area contributed by atoms with Crippen molar-refractivity contribution in [1.29, 1.82) is 0 Å². The van der Waals surface area contributed by atoms with Crippen molar-refractivity contribution in [1.82, 2.24) is 0 Å². The molecule has 0 bridgehead atoms. The zero-order valence-electron chi connectivity index (χ0n) is 13.0. The van der Waals surface area contributed by atoms with Crippen molar-refractivity contribution in [2.45, 2.75) is 19.1 Å². The van der Waals surface area contributed by atoms with Gasteiger partial charge in [-0.2, -0.15) is 0 Å². The van der Waals surface area contributed by atoms with Crippen molar-refractivity contribution in [2.24, 2.45) is 0 Å². The fraction of sp³-hybridized carbons (Fsp3) is 0.222. The summed E-state index contributed by atoms with van der Waals surface area (Å²) in [5.74, 6) is -1.03. The number of benzene rings is 2. The molecule has 0 amide bonds. The van der Waals surface area contributed by atoms with Gasteiger partial charge in [-0.25, -0.2) is 4.39 Å². The highest BCUT2D eigenvalue weighted by atomic mass is 19.1. The molecule has 2 rings (SSSR count). The lowest BCUT2D eigenvalue weighted by molar-refractivity contribution is -0.657. The summed E-state index contributed by atoms with van der Waals surface area (Å²) in [6.07, 6.45) is -0.786. The molecule has 0 aromatic heterocycles. The fourth-order valence-corrected chi connectivity index (χ4v) is 2.44. The van der Waals surface area contributed by atoms with E-state index in [-0.39, 0.29) is 11.6 Å². The maximum atomic E-state index is 13.1. The molecule has 0 aliphatic heterocycles. The van der Waals surface area contributed by atoms with E-state index in [1.165, 1.54) is 31.2 Å². The zero-order chi connectivity index (χ0) is 16.8. The Morgan fingerprint density at radius 1 is 1.04 bits per heavy atom. The molecule has 0 radical (unpaired) electrons. The number of nitrogens with two attached hydrogens (primary N) is 1.